The lowest BCUT2D eigenvalue weighted by atomic mass is 9.83. The Balaban J connectivity index is 1.48. The fourth-order valence-electron chi connectivity index (χ4n) is 3.09. The van der Waals surface area contributed by atoms with E-state index in [1.165, 1.54) is 12.1 Å². The number of amides is 1. The quantitative estimate of drug-likeness (QED) is 0.835. The lowest BCUT2D eigenvalue weighted by Crippen LogP contribution is -2.43. The molecular formula is C16H22N2O. The summed E-state index contributed by atoms with van der Waals surface area (Å²) in [6.45, 7) is 1.90. The average Bonchev–Trinajstić information content (AvgIpc) is 2.39. The molecule has 1 saturated heterocycles. The number of carbonyl (C=O) groups is 1. The van der Waals surface area contributed by atoms with Gasteiger partial charge in [-0.15, -0.1) is 0 Å². The summed E-state index contributed by atoms with van der Waals surface area (Å²) in [7, 11) is 0. The molecule has 2 aliphatic rings. The van der Waals surface area contributed by atoms with E-state index in [9.17, 15) is 4.79 Å². The standard InChI is InChI=1S/C16H22N2O/c19-16(14-4-3-5-14)18-10-7-13(8-11-18)12-15-6-1-2-9-17-15/h1-2,6,9,13-14H,3-5,7-8,10-12H2. The number of nitrogens with zero attached hydrogens (tertiary/aromatic N) is 2. The van der Waals surface area contributed by atoms with E-state index < -0.39 is 0 Å². The second kappa shape index (κ2) is 5.72. The lowest BCUT2D eigenvalue weighted by molar-refractivity contribution is -0.139. The number of rotatable bonds is 3. The number of pyridine rings is 1. The minimum absolute atomic E-state index is 0.354. The second-order valence-electron chi connectivity index (χ2n) is 5.92. The normalized spacial score (nSPS) is 21.2. The Bertz CT molecular complexity index is 420. The van der Waals surface area contributed by atoms with Crippen LogP contribution in [-0.4, -0.2) is 28.9 Å². The maximum atomic E-state index is 12.2. The third-order valence-electron chi connectivity index (χ3n) is 4.60. The number of piperidine rings is 1. The van der Waals surface area contributed by atoms with Gasteiger partial charge in [-0.1, -0.05) is 12.5 Å². The predicted molar refractivity (Wildman–Crippen MR) is 74.6 cm³/mol. The van der Waals surface area contributed by atoms with Crippen LogP contribution in [0.5, 0.6) is 0 Å². The van der Waals surface area contributed by atoms with Crippen LogP contribution in [0.3, 0.4) is 0 Å². The molecule has 0 atom stereocenters. The van der Waals surface area contributed by atoms with Gasteiger partial charge in [0.15, 0.2) is 0 Å². The van der Waals surface area contributed by atoms with E-state index in [0.29, 0.717) is 17.7 Å². The van der Waals surface area contributed by atoms with Gasteiger partial charge in [0.2, 0.25) is 5.91 Å². The van der Waals surface area contributed by atoms with Crippen LogP contribution in [0, 0.1) is 11.8 Å². The summed E-state index contributed by atoms with van der Waals surface area (Å²) in [5.74, 6) is 1.47. The van der Waals surface area contributed by atoms with E-state index in [0.717, 1.165) is 45.2 Å². The van der Waals surface area contributed by atoms with Crippen LogP contribution >= 0.6 is 0 Å². The van der Waals surface area contributed by atoms with Crippen LogP contribution in [0.15, 0.2) is 24.4 Å². The Morgan fingerprint density at radius 1 is 1.21 bits per heavy atom. The van der Waals surface area contributed by atoms with Crippen LogP contribution in [-0.2, 0) is 11.2 Å². The monoisotopic (exact) mass is 258 g/mol. The molecule has 2 heterocycles. The highest BCUT2D eigenvalue weighted by atomic mass is 16.2. The molecule has 0 aromatic carbocycles. The van der Waals surface area contributed by atoms with Crippen molar-refractivity contribution in [3.8, 4) is 0 Å². The third-order valence-corrected chi connectivity index (χ3v) is 4.60. The highest BCUT2D eigenvalue weighted by Gasteiger charge is 2.31. The fourth-order valence-corrected chi connectivity index (χ4v) is 3.09. The van der Waals surface area contributed by atoms with Crippen molar-refractivity contribution in [1.29, 1.82) is 0 Å². The zero-order chi connectivity index (χ0) is 13.1. The zero-order valence-electron chi connectivity index (χ0n) is 11.4. The van der Waals surface area contributed by atoms with Crippen molar-refractivity contribution in [3.05, 3.63) is 30.1 Å². The van der Waals surface area contributed by atoms with Crippen molar-refractivity contribution < 1.29 is 4.79 Å². The maximum Gasteiger partial charge on any atom is 0.225 e. The first-order chi connectivity index (χ1) is 9.33. The molecule has 1 aliphatic carbocycles. The summed E-state index contributed by atoms with van der Waals surface area (Å²) in [6, 6.07) is 6.12. The molecular weight excluding hydrogens is 236 g/mol. The summed E-state index contributed by atoms with van der Waals surface area (Å²) in [5.41, 5.74) is 1.19. The van der Waals surface area contributed by atoms with Gasteiger partial charge in [-0.25, -0.2) is 0 Å². The molecule has 2 fully saturated rings. The molecule has 1 aliphatic heterocycles. The first-order valence-corrected chi connectivity index (χ1v) is 7.51. The van der Waals surface area contributed by atoms with Crippen molar-refractivity contribution in [2.75, 3.05) is 13.1 Å². The van der Waals surface area contributed by atoms with Gasteiger partial charge in [-0.05, 0) is 50.2 Å². The Morgan fingerprint density at radius 2 is 2.00 bits per heavy atom. The second-order valence-corrected chi connectivity index (χ2v) is 5.92. The van der Waals surface area contributed by atoms with E-state index in [1.807, 2.05) is 12.3 Å². The van der Waals surface area contributed by atoms with Crippen molar-refractivity contribution in [3.63, 3.8) is 0 Å². The molecule has 0 radical (unpaired) electrons. The number of carbonyl (C=O) groups excluding carboxylic acids is 1. The zero-order valence-corrected chi connectivity index (χ0v) is 11.4. The molecule has 1 saturated carbocycles. The highest BCUT2D eigenvalue weighted by Crippen LogP contribution is 2.30. The van der Waals surface area contributed by atoms with Crippen molar-refractivity contribution >= 4 is 5.91 Å². The minimum Gasteiger partial charge on any atom is -0.342 e. The molecule has 102 valence electrons. The molecule has 0 spiro atoms. The van der Waals surface area contributed by atoms with Crippen molar-refractivity contribution in [2.24, 2.45) is 11.8 Å². The molecule has 1 aromatic rings. The van der Waals surface area contributed by atoms with E-state index in [2.05, 4.69) is 22.0 Å². The Morgan fingerprint density at radius 3 is 2.58 bits per heavy atom. The molecule has 0 unspecified atom stereocenters. The maximum absolute atomic E-state index is 12.2. The largest absolute Gasteiger partial charge is 0.342 e. The predicted octanol–water partition coefficient (Wildman–Crippen LogP) is 2.66. The molecule has 3 heteroatoms. The number of hydrogen-bond acceptors (Lipinski definition) is 2. The van der Waals surface area contributed by atoms with Crippen LogP contribution < -0.4 is 0 Å². The summed E-state index contributed by atoms with van der Waals surface area (Å²) >= 11 is 0. The van der Waals surface area contributed by atoms with Gasteiger partial charge in [0.05, 0.1) is 0 Å². The number of hydrogen-bond donors (Lipinski definition) is 0. The van der Waals surface area contributed by atoms with Gasteiger partial charge in [0.25, 0.3) is 0 Å². The van der Waals surface area contributed by atoms with Crippen molar-refractivity contribution in [1.82, 2.24) is 9.88 Å². The summed E-state index contributed by atoms with van der Waals surface area (Å²) in [6.07, 6.45) is 8.67. The Labute approximate surface area is 115 Å². The van der Waals surface area contributed by atoms with Crippen LogP contribution in [0.1, 0.15) is 37.8 Å². The number of likely N-dealkylation sites (tertiary alicyclic amines) is 1. The molecule has 0 bridgehead atoms. The van der Waals surface area contributed by atoms with Gasteiger partial charge in [-0.3, -0.25) is 9.78 Å². The van der Waals surface area contributed by atoms with E-state index in [-0.39, 0.29) is 0 Å². The fraction of sp³-hybridized carbons (Fsp3) is 0.625. The third kappa shape index (κ3) is 2.96. The van der Waals surface area contributed by atoms with Crippen LogP contribution in [0.25, 0.3) is 0 Å². The van der Waals surface area contributed by atoms with Crippen molar-refractivity contribution in [2.45, 2.75) is 38.5 Å². The van der Waals surface area contributed by atoms with Gasteiger partial charge < -0.3 is 4.90 Å². The van der Waals surface area contributed by atoms with Gasteiger partial charge in [-0.2, -0.15) is 0 Å². The Kier molecular flexibility index (Phi) is 3.81. The minimum atomic E-state index is 0.354. The van der Waals surface area contributed by atoms with Gasteiger partial charge >= 0.3 is 0 Å². The first kappa shape index (κ1) is 12.6. The average molecular weight is 258 g/mol. The molecule has 3 nitrogen and oxygen atoms in total. The molecule has 1 aromatic heterocycles. The Hall–Kier alpha value is -1.38. The smallest absolute Gasteiger partial charge is 0.225 e. The summed E-state index contributed by atoms with van der Waals surface area (Å²) in [4.78, 5) is 18.7. The van der Waals surface area contributed by atoms with Crippen LogP contribution in [0.2, 0.25) is 0 Å². The van der Waals surface area contributed by atoms with E-state index in [1.54, 1.807) is 0 Å². The molecule has 0 N–H and O–H groups in total. The van der Waals surface area contributed by atoms with E-state index in [4.69, 9.17) is 0 Å². The first-order valence-electron chi connectivity index (χ1n) is 7.51. The molecule has 3 rings (SSSR count). The highest BCUT2D eigenvalue weighted by molar-refractivity contribution is 5.79. The topological polar surface area (TPSA) is 33.2 Å². The van der Waals surface area contributed by atoms with Crippen LogP contribution in [0.4, 0.5) is 0 Å². The number of aromatic nitrogens is 1. The SMILES string of the molecule is O=C(C1CCC1)N1CCC(Cc2ccccn2)CC1. The molecule has 1 amide bonds. The van der Waals surface area contributed by atoms with E-state index >= 15 is 0 Å². The summed E-state index contributed by atoms with van der Waals surface area (Å²) < 4.78 is 0. The lowest BCUT2D eigenvalue weighted by Gasteiger charge is -2.36. The van der Waals surface area contributed by atoms with Gasteiger partial charge in [0.1, 0.15) is 0 Å². The molecule has 19 heavy (non-hydrogen) atoms. The van der Waals surface area contributed by atoms with Gasteiger partial charge in [0, 0.05) is 30.9 Å². The summed E-state index contributed by atoms with van der Waals surface area (Å²) in [5, 5.41) is 0.